The maximum Gasteiger partial charge on any atom is 0.276 e. The number of hydrogen-bond acceptors (Lipinski definition) is 5. The van der Waals surface area contributed by atoms with Gasteiger partial charge in [-0.25, -0.2) is 0 Å². The molecule has 7 nitrogen and oxygen atoms in total. The molecule has 0 fully saturated rings. The van der Waals surface area contributed by atoms with Crippen LogP contribution in [0, 0.1) is 25.2 Å². The van der Waals surface area contributed by atoms with Crippen LogP contribution in [-0.2, 0) is 9.59 Å². The Morgan fingerprint density at radius 3 is 2.41 bits per heavy atom. The number of nitrogens with one attached hydrogen (secondary N) is 2. The van der Waals surface area contributed by atoms with Gasteiger partial charge in [0.15, 0.2) is 6.61 Å². The molecule has 0 atom stereocenters. The molecule has 2 aromatic rings. The van der Waals surface area contributed by atoms with Crippen LogP contribution in [0.4, 0.5) is 0 Å². The molecule has 140 valence electrons. The Morgan fingerprint density at radius 2 is 1.70 bits per heavy atom. The number of nitriles is 1. The molecule has 0 aliphatic rings. The number of carbonyl (C=O) groups is 2. The van der Waals surface area contributed by atoms with E-state index in [4.69, 9.17) is 14.7 Å². The molecule has 0 saturated carbocycles. The standard InChI is InChI=1S/C20H21N3O4/c1-14-3-4-15(2)18(11-14)26-10-9-19(24)22-23-20(25)13-27-17-7-5-16(12-21)6-8-17/h3-8,11H,9-10,13H2,1-2H3,(H,22,24)(H,23,25). The molecule has 2 N–H and O–H groups in total. The summed E-state index contributed by atoms with van der Waals surface area (Å²) in [4.78, 5) is 23.4. The molecule has 0 saturated heterocycles. The number of ether oxygens (including phenoxy) is 2. The van der Waals surface area contributed by atoms with E-state index in [0.717, 1.165) is 16.9 Å². The lowest BCUT2D eigenvalue weighted by Crippen LogP contribution is -2.44. The highest BCUT2D eigenvalue weighted by Crippen LogP contribution is 2.19. The van der Waals surface area contributed by atoms with Crippen LogP contribution in [0.15, 0.2) is 42.5 Å². The highest BCUT2D eigenvalue weighted by atomic mass is 16.5. The second-order valence-corrected chi connectivity index (χ2v) is 5.89. The minimum Gasteiger partial charge on any atom is -0.493 e. The van der Waals surface area contributed by atoms with Crippen molar-refractivity contribution in [2.45, 2.75) is 20.3 Å². The van der Waals surface area contributed by atoms with Crippen molar-refractivity contribution < 1.29 is 19.1 Å². The quantitative estimate of drug-likeness (QED) is 0.731. The topological polar surface area (TPSA) is 100 Å². The number of rotatable bonds is 7. The first-order valence-electron chi connectivity index (χ1n) is 8.38. The van der Waals surface area contributed by atoms with Crippen molar-refractivity contribution in [3.8, 4) is 17.6 Å². The first kappa shape index (κ1) is 19.8. The zero-order chi connectivity index (χ0) is 19.6. The van der Waals surface area contributed by atoms with Crippen molar-refractivity contribution in [1.29, 1.82) is 5.26 Å². The van der Waals surface area contributed by atoms with E-state index in [1.165, 1.54) is 0 Å². The first-order valence-corrected chi connectivity index (χ1v) is 8.38. The number of aryl methyl sites for hydroxylation is 2. The van der Waals surface area contributed by atoms with Crippen molar-refractivity contribution in [2.75, 3.05) is 13.2 Å². The van der Waals surface area contributed by atoms with E-state index >= 15 is 0 Å². The average Bonchev–Trinajstić information content (AvgIpc) is 2.67. The van der Waals surface area contributed by atoms with E-state index in [-0.39, 0.29) is 25.5 Å². The largest absolute Gasteiger partial charge is 0.493 e. The highest BCUT2D eigenvalue weighted by molar-refractivity contribution is 5.82. The molecule has 0 radical (unpaired) electrons. The average molecular weight is 367 g/mol. The molecule has 0 spiro atoms. The summed E-state index contributed by atoms with van der Waals surface area (Å²) in [5, 5.41) is 8.72. The van der Waals surface area contributed by atoms with Crippen molar-refractivity contribution in [2.24, 2.45) is 0 Å². The summed E-state index contributed by atoms with van der Waals surface area (Å²) in [5.41, 5.74) is 7.16. The van der Waals surface area contributed by atoms with Gasteiger partial charge in [-0.3, -0.25) is 20.4 Å². The van der Waals surface area contributed by atoms with E-state index in [9.17, 15) is 9.59 Å². The molecule has 7 heteroatoms. The van der Waals surface area contributed by atoms with Crippen LogP contribution in [0.2, 0.25) is 0 Å². The maximum atomic E-state index is 11.8. The molecule has 2 aromatic carbocycles. The molecule has 0 bridgehead atoms. The molecule has 0 aromatic heterocycles. The smallest absolute Gasteiger partial charge is 0.276 e. The van der Waals surface area contributed by atoms with Crippen molar-refractivity contribution >= 4 is 11.8 Å². The van der Waals surface area contributed by atoms with Crippen LogP contribution in [0.3, 0.4) is 0 Å². The molecular formula is C20H21N3O4. The normalized spacial score (nSPS) is 9.81. The van der Waals surface area contributed by atoms with Gasteiger partial charge < -0.3 is 9.47 Å². The number of hydrogen-bond donors (Lipinski definition) is 2. The first-order chi connectivity index (χ1) is 13.0. The van der Waals surface area contributed by atoms with Gasteiger partial charge in [-0.05, 0) is 55.3 Å². The summed E-state index contributed by atoms with van der Waals surface area (Å²) in [6.07, 6.45) is 0.101. The fraction of sp³-hybridized carbons (Fsp3) is 0.250. The molecule has 2 rings (SSSR count). The lowest BCUT2D eigenvalue weighted by Gasteiger charge is -2.11. The summed E-state index contributed by atoms with van der Waals surface area (Å²) in [5.74, 6) is 0.329. The van der Waals surface area contributed by atoms with Gasteiger partial charge in [-0.1, -0.05) is 12.1 Å². The summed E-state index contributed by atoms with van der Waals surface area (Å²) < 4.78 is 10.9. The number of carbonyl (C=O) groups excluding carboxylic acids is 2. The number of nitrogens with zero attached hydrogens (tertiary/aromatic N) is 1. The Hall–Kier alpha value is -3.53. The molecule has 0 heterocycles. The van der Waals surface area contributed by atoms with Crippen LogP contribution >= 0.6 is 0 Å². The second kappa shape index (κ2) is 9.82. The number of benzene rings is 2. The zero-order valence-electron chi connectivity index (χ0n) is 15.2. The lowest BCUT2D eigenvalue weighted by atomic mass is 10.1. The highest BCUT2D eigenvalue weighted by Gasteiger charge is 2.07. The number of amides is 2. The van der Waals surface area contributed by atoms with Crippen LogP contribution < -0.4 is 20.3 Å². The molecule has 0 unspecified atom stereocenters. The van der Waals surface area contributed by atoms with Gasteiger partial charge in [0.1, 0.15) is 11.5 Å². The third-order valence-electron chi connectivity index (χ3n) is 3.63. The van der Waals surface area contributed by atoms with E-state index in [1.54, 1.807) is 24.3 Å². The molecular weight excluding hydrogens is 346 g/mol. The molecule has 2 amide bonds. The van der Waals surface area contributed by atoms with Gasteiger partial charge >= 0.3 is 0 Å². The van der Waals surface area contributed by atoms with Crippen LogP contribution in [0.5, 0.6) is 11.5 Å². The molecule has 0 aliphatic heterocycles. The summed E-state index contributed by atoms with van der Waals surface area (Å²) in [7, 11) is 0. The van der Waals surface area contributed by atoms with E-state index in [0.29, 0.717) is 11.3 Å². The van der Waals surface area contributed by atoms with E-state index < -0.39 is 5.91 Å². The predicted octanol–water partition coefficient (Wildman–Crippen LogP) is 2.17. The van der Waals surface area contributed by atoms with Gasteiger partial charge in [-0.2, -0.15) is 5.26 Å². The SMILES string of the molecule is Cc1ccc(C)c(OCCC(=O)NNC(=O)COc2ccc(C#N)cc2)c1. The van der Waals surface area contributed by atoms with E-state index in [2.05, 4.69) is 10.9 Å². The second-order valence-electron chi connectivity index (χ2n) is 5.89. The number of hydrazine groups is 1. The van der Waals surface area contributed by atoms with Gasteiger partial charge in [0, 0.05) is 0 Å². The summed E-state index contributed by atoms with van der Waals surface area (Å²) in [6, 6.07) is 14.2. The Morgan fingerprint density at radius 1 is 1.00 bits per heavy atom. The Balaban J connectivity index is 1.65. The van der Waals surface area contributed by atoms with Crippen molar-refractivity contribution in [3.63, 3.8) is 0 Å². The third kappa shape index (κ3) is 6.71. The van der Waals surface area contributed by atoms with Gasteiger partial charge in [0.05, 0.1) is 24.7 Å². The fourth-order valence-electron chi connectivity index (χ4n) is 2.13. The zero-order valence-corrected chi connectivity index (χ0v) is 15.2. The third-order valence-corrected chi connectivity index (χ3v) is 3.63. The van der Waals surface area contributed by atoms with Gasteiger partial charge in [-0.15, -0.1) is 0 Å². The minimum absolute atomic E-state index is 0.101. The van der Waals surface area contributed by atoms with Gasteiger partial charge in [0.2, 0.25) is 5.91 Å². The van der Waals surface area contributed by atoms with Crippen LogP contribution in [0.25, 0.3) is 0 Å². The minimum atomic E-state index is -0.497. The van der Waals surface area contributed by atoms with Crippen molar-refractivity contribution in [3.05, 3.63) is 59.2 Å². The monoisotopic (exact) mass is 367 g/mol. The summed E-state index contributed by atoms with van der Waals surface area (Å²) in [6.45, 7) is 3.84. The molecule has 0 aliphatic carbocycles. The fourth-order valence-corrected chi connectivity index (χ4v) is 2.13. The lowest BCUT2D eigenvalue weighted by molar-refractivity contribution is -0.130. The predicted molar refractivity (Wildman–Crippen MR) is 99.0 cm³/mol. The Bertz CT molecular complexity index is 841. The van der Waals surface area contributed by atoms with Crippen molar-refractivity contribution in [1.82, 2.24) is 10.9 Å². The van der Waals surface area contributed by atoms with Crippen LogP contribution in [0.1, 0.15) is 23.1 Å². The van der Waals surface area contributed by atoms with Crippen LogP contribution in [-0.4, -0.2) is 25.0 Å². The Kier molecular flexibility index (Phi) is 7.20. The molecule has 27 heavy (non-hydrogen) atoms. The maximum absolute atomic E-state index is 11.8. The van der Waals surface area contributed by atoms with E-state index in [1.807, 2.05) is 38.1 Å². The summed E-state index contributed by atoms with van der Waals surface area (Å²) >= 11 is 0. The van der Waals surface area contributed by atoms with Gasteiger partial charge in [0.25, 0.3) is 5.91 Å². The Labute approximate surface area is 157 Å².